The second-order valence-electron chi connectivity index (χ2n) is 4.23. The maximum Gasteiger partial charge on any atom is 0.257 e. The Hall–Kier alpha value is -2.87. The van der Waals surface area contributed by atoms with Gasteiger partial charge in [0, 0.05) is 12.4 Å². The molecule has 1 N–H and O–H groups in total. The van der Waals surface area contributed by atoms with Crippen LogP contribution < -0.4 is 10.1 Å². The van der Waals surface area contributed by atoms with Crippen LogP contribution in [-0.4, -0.2) is 18.0 Å². The van der Waals surface area contributed by atoms with Gasteiger partial charge in [-0.25, -0.2) is 0 Å². The molecule has 0 saturated heterocycles. The summed E-state index contributed by atoms with van der Waals surface area (Å²) in [5.74, 6) is 0.242. The molecule has 1 aromatic heterocycles. The third-order valence-electron chi connectivity index (χ3n) is 2.73. The van der Waals surface area contributed by atoms with Crippen molar-refractivity contribution in [3.8, 4) is 11.8 Å². The number of rotatable bonds is 3. The van der Waals surface area contributed by atoms with Gasteiger partial charge in [-0.2, -0.15) is 5.26 Å². The monoisotopic (exact) mass is 267 g/mol. The van der Waals surface area contributed by atoms with E-state index in [1.165, 1.54) is 25.6 Å². The zero-order valence-corrected chi connectivity index (χ0v) is 11.2. The number of carbonyl (C=O) groups excluding carboxylic acids is 1. The van der Waals surface area contributed by atoms with E-state index in [0.29, 0.717) is 22.6 Å². The zero-order chi connectivity index (χ0) is 14.5. The van der Waals surface area contributed by atoms with Crippen molar-refractivity contribution in [2.45, 2.75) is 6.92 Å². The van der Waals surface area contributed by atoms with E-state index in [1.54, 1.807) is 6.07 Å². The molecule has 0 aliphatic heterocycles. The summed E-state index contributed by atoms with van der Waals surface area (Å²) < 4.78 is 5.20. The van der Waals surface area contributed by atoms with Gasteiger partial charge in [-0.05, 0) is 30.7 Å². The molecule has 100 valence electrons. The number of benzene rings is 1. The highest BCUT2D eigenvalue weighted by atomic mass is 16.5. The van der Waals surface area contributed by atoms with Crippen LogP contribution in [0.25, 0.3) is 0 Å². The number of nitriles is 1. The summed E-state index contributed by atoms with van der Waals surface area (Å²) in [5, 5.41) is 11.6. The van der Waals surface area contributed by atoms with Crippen LogP contribution in [0.3, 0.4) is 0 Å². The van der Waals surface area contributed by atoms with Gasteiger partial charge in [0.15, 0.2) is 0 Å². The molecule has 20 heavy (non-hydrogen) atoms. The lowest BCUT2D eigenvalue weighted by atomic mass is 10.1. The van der Waals surface area contributed by atoms with Crippen LogP contribution in [0.2, 0.25) is 0 Å². The minimum Gasteiger partial charge on any atom is -0.495 e. The number of nitrogens with zero attached hydrogens (tertiary/aromatic N) is 2. The Kier molecular flexibility index (Phi) is 3.96. The van der Waals surface area contributed by atoms with E-state index in [1.807, 2.05) is 25.1 Å². The summed E-state index contributed by atoms with van der Waals surface area (Å²) >= 11 is 0. The molecule has 5 nitrogen and oxygen atoms in total. The fraction of sp³-hybridized carbons (Fsp3) is 0.133. The van der Waals surface area contributed by atoms with Crippen LogP contribution in [-0.2, 0) is 0 Å². The molecule has 0 saturated carbocycles. The van der Waals surface area contributed by atoms with Crippen molar-refractivity contribution in [2.75, 3.05) is 12.4 Å². The van der Waals surface area contributed by atoms with E-state index in [2.05, 4.69) is 10.3 Å². The number of aromatic nitrogens is 1. The number of methoxy groups -OCH3 is 1. The van der Waals surface area contributed by atoms with Gasteiger partial charge in [-0.3, -0.25) is 9.78 Å². The van der Waals surface area contributed by atoms with E-state index < -0.39 is 0 Å². The molecule has 0 atom stereocenters. The molecule has 0 radical (unpaired) electrons. The predicted octanol–water partition coefficient (Wildman–Crippen LogP) is 2.52. The van der Waals surface area contributed by atoms with Crippen LogP contribution in [0.4, 0.5) is 5.69 Å². The summed E-state index contributed by atoms with van der Waals surface area (Å²) in [4.78, 5) is 16.0. The quantitative estimate of drug-likeness (QED) is 0.927. The molecular formula is C15H13N3O2. The van der Waals surface area contributed by atoms with Crippen LogP contribution in [0.1, 0.15) is 21.5 Å². The van der Waals surface area contributed by atoms with Gasteiger partial charge in [0.05, 0.1) is 23.9 Å². The van der Waals surface area contributed by atoms with Crippen LogP contribution in [0.15, 0.2) is 36.7 Å². The van der Waals surface area contributed by atoms with Crippen LogP contribution in [0, 0.1) is 18.3 Å². The molecule has 1 amide bonds. The van der Waals surface area contributed by atoms with Crippen molar-refractivity contribution in [1.82, 2.24) is 4.98 Å². The minimum atomic E-state index is -0.335. The Bertz CT molecular complexity index is 690. The highest BCUT2D eigenvalue weighted by Gasteiger charge is 2.11. The topological polar surface area (TPSA) is 75.0 Å². The molecule has 1 heterocycles. The first-order valence-corrected chi connectivity index (χ1v) is 5.95. The smallest absolute Gasteiger partial charge is 0.257 e. The molecule has 0 bridgehead atoms. The second kappa shape index (κ2) is 5.85. The normalized spacial score (nSPS) is 9.65. The first kappa shape index (κ1) is 13.6. The molecule has 0 spiro atoms. The van der Waals surface area contributed by atoms with Gasteiger partial charge in [0.25, 0.3) is 5.91 Å². The lowest BCUT2D eigenvalue weighted by Gasteiger charge is -2.11. The molecular weight excluding hydrogens is 254 g/mol. The summed E-state index contributed by atoms with van der Waals surface area (Å²) in [6, 6.07) is 8.94. The summed E-state index contributed by atoms with van der Waals surface area (Å²) in [7, 11) is 1.54. The predicted molar refractivity (Wildman–Crippen MR) is 74.6 cm³/mol. The van der Waals surface area contributed by atoms with Crippen molar-refractivity contribution >= 4 is 11.6 Å². The molecule has 2 rings (SSSR count). The van der Waals surface area contributed by atoms with Crippen molar-refractivity contribution in [1.29, 1.82) is 5.26 Å². The average Bonchev–Trinajstić information content (AvgIpc) is 2.47. The first-order valence-electron chi connectivity index (χ1n) is 5.95. The lowest BCUT2D eigenvalue weighted by molar-refractivity contribution is 0.102. The van der Waals surface area contributed by atoms with Crippen molar-refractivity contribution in [3.05, 3.63) is 53.3 Å². The van der Waals surface area contributed by atoms with Crippen molar-refractivity contribution < 1.29 is 9.53 Å². The number of pyridine rings is 1. The van der Waals surface area contributed by atoms with E-state index in [9.17, 15) is 4.79 Å². The average molecular weight is 267 g/mol. The molecule has 1 aromatic carbocycles. The minimum absolute atomic E-state index is 0.326. The number of nitrogens with one attached hydrogen (secondary N) is 1. The van der Waals surface area contributed by atoms with Gasteiger partial charge in [-0.1, -0.05) is 6.07 Å². The van der Waals surface area contributed by atoms with Crippen molar-refractivity contribution in [2.24, 2.45) is 0 Å². The number of hydrogen-bond acceptors (Lipinski definition) is 4. The van der Waals surface area contributed by atoms with E-state index >= 15 is 0 Å². The Balaban J connectivity index is 2.27. The maximum atomic E-state index is 12.1. The van der Waals surface area contributed by atoms with Crippen LogP contribution >= 0.6 is 0 Å². The van der Waals surface area contributed by atoms with E-state index in [-0.39, 0.29) is 5.91 Å². The lowest BCUT2D eigenvalue weighted by Crippen LogP contribution is -2.13. The highest BCUT2D eigenvalue weighted by Crippen LogP contribution is 2.25. The van der Waals surface area contributed by atoms with Gasteiger partial charge < -0.3 is 10.1 Å². The first-order chi connectivity index (χ1) is 9.63. The molecule has 0 fully saturated rings. The summed E-state index contributed by atoms with van der Waals surface area (Å²) in [5.41, 5.74) is 2.26. The molecule has 0 unspecified atom stereocenters. The third-order valence-corrected chi connectivity index (χ3v) is 2.73. The number of anilines is 1. The number of hydrogen-bond donors (Lipinski definition) is 1. The van der Waals surface area contributed by atoms with Gasteiger partial charge in [-0.15, -0.1) is 0 Å². The standard InChI is InChI=1S/C15H13N3O2/c1-10-3-4-14(20-2)13(5-10)18-15(19)12-6-11(7-16)8-17-9-12/h3-6,8-9H,1-2H3,(H,18,19). The van der Waals surface area contributed by atoms with Gasteiger partial charge >= 0.3 is 0 Å². The number of aryl methyl sites for hydroxylation is 1. The Morgan fingerprint density at radius 2 is 2.15 bits per heavy atom. The molecule has 2 aromatic rings. The largest absolute Gasteiger partial charge is 0.495 e. The fourth-order valence-corrected chi connectivity index (χ4v) is 1.74. The Morgan fingerprint density at radius 3 is 2.85 bits per heavy atom. The number of carbonyl (C=O) groups is 1. The fourth-order valence-electron chi connectivity index (χ4n) is 1.74. The number of amides is 1. The highest BCUT2D eigenvalue weighted by molar-refractivity contribution is 6.05. The van der Waals surface area contributed by atoms with Crippen LogP contribution in [0.5, 0.6) is 5.75 Å². The molecule has 0 aliphatic rings. The Morgan fingerprint density at radius 1 is 1.35 bits per heavy atom. The summed E-state index contributed by atoms with van der Waals surface area (Å²) in [6.45, 7) is 1.92. The zero-order valence-electron chi connectivity index (χ0n) is 11.2. The van der Waals surface area contributed by atoms with Gasteiger partial charge in [0.2, 0.25) is 0 Å². The second-order valence-corrected chi connectivity index (χ2v) is 4.23. The van der Waals surface area contributed by atoms with E-state index in [0.717, 1.165) is 5.56 Å². The maximum absolute atomic E-state index is 12.1. The van der Waals surface area contributed by atoms with Crippen molar-refractivity contribution in [3.63, 3.8) is 0 Å². The van der Waals surface area contributed by atoms with Gasteiger partial charge in [0.1, 0.15) is 11.8 Å². The Labute approximate surface area is 116 Å². The molecule has 5 heteroatoms. The third kappa shape index (κ3) is 2.93. The van der Waals surface area contributed by atoms with E-state index in [4.69, 9.17) is 10.00 Å². The summed E-state index contributed by atoms with van der Waals surface area (Å²) in [6.07, 6.45) is 2.82. The number of ether oxygens (including phenoxy) is 1. The SMILES string of the molecule is COc1ccc(C)cc1NC(=O)c1cncc(C#N)c1. The molecule has 0 aliphatic carbocycles.